The zero-order valence-electron chi connectivity index (χ0n) is 25.8. The lowest BCUT2D eigenvalue weighted by atomic mass is 9.73. The maximum Gasteiger partial charge on any atom is 0.246 e. The molecule has 1 aromatic carbocycles. The van der Waals surface area contributed by atoms with Gasteiger partial charge < -0.3 is 25.2 Å². The Bertz CT molecular complexity index is 1190. The molecular formula is C33H48N4O4S. The Labute approximate surface area is 255 Å². The molecule has 1 saturated carbocycles. The molecule has 4 aliphatic rings. The van der Waals surface area contributed by atoms with E-state index in [1.54, 1.807) is 16.7 Å². The van der Waals surface area contributed by atoms with E-state index in [0.717, 1.165) is 50.1 Å². The number of hydrogen-bond acceptors (Lipinski definition) is 6. The van der Waals surface area contributed by atoms with E-state index in [2.05, 4.69) is 43.4 Å². The van der Waals surface area contributed by atoms with Gasteiger partial charge in [-0.1, -0.05) is 58.3 Å². The average Bonchev–Trinajstić information content (AvgIpc) is 3.62. The zero-order chi connectivity index (χ0) is 30.0. The third-order valence-corrected chi connectivity index (χ3v) is 10.9. The van der Waals surface area contributed by atoms with Gasteiger partial charge in [0.2, 0.25) is 17.7 Å². The van der Waals surface area contributed by atoms with Gasteiger partial charge in [0.05, 0.1) is 17.9 Å². The summed E-state index contributed by atoms with van der Waals surface area (Å²) in [5, 5.41) is 6.39. The number of nitrogens with one attached hydrogen (secondary N) is 2. The van der Waals surface area contributed by atoms with Crippen molar-refractivity contribution in [2.24, 2.45) is 23.7 Å². The van der Waals surface area contributed by atoms with Crippen molar-refractivity contribution in [3.63, 3.8) is 0 Å². The fraction of sp³-hybridized carbons (Fsp3) is 0.667. The molecular weight excluding hydrogens is 548 g/mol. The first-order chi connectivity index (χ1) is 20.2. The molecule has 3 amide bonds. The fourth-order valence-electron chi connectivity index (χ4n) is 7.53. The van der Waals surface area contributed by atoms with Crippen molar-refractivity contribution < 1.29 is 19.1 Å². The summed E-state index contributed by atoms with van der Waals surface area (Å²) in [6, 6.07) is 6.97. The molecule has 8 atom stereocenters. The summed E-state index contributed by atoms with van der Waals surface area (Å²) < 4.78 is 6.54. The van der Waals surface area contributed by atoms with Crippen LogP contribution in [0.15, 0.2) is 41.3 Å². The smallest absolute Gasteiger partial charge is 0.246 e. The second kappa shape index (κ2) is 13.1. The molecule has 2 N–H and O–H groups in total. The van der Waals surface area contributed by atoms with Crippen molar-refractivity contribution in [3.05, 3.63) is 36.4 Å². The molecule has 2 saturated heterocycles. The maximum atomic E-state index is 14.2. The van der Waals surface area contributed by atoms with Crippen molar-refractivity contribution in [1.29, 1.82) is 0 Å². The number of likely N-dealkylation sites (tertiary alicyclic amines) is 1. The minimum atomic E-state index is -1.13. The third kappa shape index (κ3) is 5.89. The molecule has 5 rings (SSSR count). The van der Waals surface area contributed by atoms with Gasteiger partial charge in [0.15, 0.2) is 0 Å². The number of thioether (sulfide) groups is 1. The van der Waals surface area contributed by atoms with Crippen molar-refractivity contribution in [1.82, 2.24) is 15.1 Å². The number of unbranched alkanes of at least 4 members (excludes halogenated alkanes) is 1. The fourth-order valence-corrected chi connectivity index (χ4v) is 7.99. The summed E-state index contributed by atoms with van der Waals surface area (Å²) in [4.78, 5) is 47.3. The first-order valence-electron chi connectivity index (χ1n) is 15.8. The number of ether oxygens (including phenoxy) is 1. The topological polar surface area (TPSA) is 91.0 Å². The lowest BCUT2D eigenvalue weighted by molar-refractivity contribution is -0.141. The first kappa shape index (κ1) is 31.1. The summed E-state index contributed by atoms with van der Waals surface area (Å²) in [5.41, 5.74) is -0.438. The van der Waals surface area contributed by atoms with E-state index >= 15 is 0 Å². The minimum Gasteiger partial charge on any atom is -0.359 e. The highest BCUT2D eigenvalue weighted by Crippen LogP contribution is 2.55. The van der Waals surface area contributed by atoms with Gasteiger partial charge in [-0.15, -0.1) is 11.8 Å². The molecule has 8 unspecified atom stereocenters. The van der Waals surface area contributed by atoms with Crippen LogP contribution < -0.4 is 10.6 Å². The van der Waals surface area contributed by atoms with Crippen LogP contribution in [0.25, 0.3) is 0 Å². The van der Waals surface area contributed by atoms with Crippen LogP contribution in [0.5, 0.6) is 0 Å². The van der Waals surface area contributed by atoms with E-state index in [1.807, 2.05) is 42.7 Å². The van der Waals surface area contributed by atoms with Crippen LogP contribution >= 0.6 is 11.8 Å². The quantitative estimate of drug-likeness (QED) is 0.272. The SMILES string of the molecule is CCCCN(C)CCCN1C(=O)C2C(C(=O)Nc3cccc(SC)c3)C3C=CC2(O3)C1C(=O)NC1CCCC(C)C1C. The summed E-state index contributed by atoms with van der Waals surface area (Å²) in [7, 11) is 2.10. The summed E-state index contributed by atoms with van der Waals surface area (Å²) in [6.45, 7) is 8.94. The molecule has 3 fully saturated rings. The number of fused-ring (bicyclic) bond motifs is 1. The van der Waals surface area contributed by atoms with Crippen LogP contribution in [0.1, 0.15) is 59.3 Å². The Morgan fingerprint density at radius 2 is 1.95 bits per heavy atom. The Morgan fingerprint density at radius 1 is 1.17 bits per heavy atom. The number of carbonyl (C=O) groups is 3. The highest BCUT2D eigenvalue weighted by molar-refractivity contribution is 7.98. The van der Waals surface area contributed by atoms with Gasteiger partial charge in [-0.2, -0.15) is 0 Å². The number of hydrogen-bond donors (Lipinski definition) is 2. The summed E-state index contributed by atoms with van der Waals surface area (Å²) in [5.74, 6) is -1.07. The molecule has 1 spiro atoms. The van der Waals surface area contributed by atoms with Crippen molar-refractivity contribution in [2.45, 2.75) is 88.0 Å². The number of nitrogens with zero attached hydrogens (tertiary/aromatic N) is 2. The minimum absolute atomic E-state index is 0.0687. The van der Waals surface area contributed by atoms with Crippen LogP contribution in [-0.2, 0) is 19.1 Å². The Morgan fingerprint density at radius 3 is 2.71 bits per heavy atom. The molecule has 8 nitrogen and oxygen atoms in total. The summed E-state index contributed by atoms with van der Waals surface area (Å²) >= 11 is 1.61. The van der Waals surface area contributed by atoms with Crippen LogP contribution in [-0.4, -0.2) is 84.2 Å². The predicted octanol–water partition coefficient (Wildman–Crippen LogP) is 4.56. The number of benzene rings is 1. The van der Waals surface area contributed by atoms with Crippen molar-refractivity contribution in [2.75, 3.05) is 38.3 Å². The molecule has 3 heterocycles. The van der Waals surface area contributed by atoms with Gasteiger partial charge in [-0.3, -0.25) is 14.4 Å². The standard InChI is InChI=1S/C33H48N4O4S/c1-6-7-17-36(4)18-10-19-37-29(31(39)35-25-14-8-11-21(2)22(25)3)33-16-15-26(41-33)27(28(33)32(37)40)30(38)34-23-12-9-13-24(20-23)42-5/h9,12-13,15-16,20-22,25-29H,6-8,10-11,14,17-19H2,1-5H3,(H,34,38)(H,35,39). The normalized spacial score (nSPS) is 33.3. The van der Waals surface area contributed by atoms with E-state index in [1.165, 1.54) is 6.42 Å². The molecule has 2 bridgehead atoms. The van der Waals surface area contributed by atoms with Gasteiger partial charge in [-0.25, -0.2) is 0 Å². The van der Waals surface area contributed by atoms with Gasteiger partial charge >= 0.3 is 0 Å². The number of anilines is 1. The molecule has 230 valence electrons. The van der Waals surface area contributed by atoms with Crippen LogP contribution in [0, 0.1) is 23.7 Å². The molecule has 3 aliphatic heterocycles. The zero-order valence-corrected chi connectivity index (χ0v) is 26.6. The van der Waals surface area contributed by atoms with E-state index in [0.29, 0.717) is 24.1 Å². The van der Waals surface area contributed by atoms with Gasteiger partial charge in [0, 0.05) is 23.2 Å². The number of rotatable bonds is 12. The monoisotopic (exact) mass is 596 g/mol. The molecule has 1 aromatic rings. The predicted molar refractivity (Wildman–Crippen MR) is 167 cm³/mol. The van der Waals surface area contributed by atoms with Crippen LogP contribution in [0.2, 0.25) is 0 Å². The lowest BCUT2D eigenvalue weighted by Crippen LogP contribution is -2.58. The molecule has 0 radical (unpaired) electrons. The Kier molecular flexibility index (Phi) is 9.69. The van der Waals surface area contributed by atoms with E-state index < -0.39 is 29.6 Å². The van der Waals surface area contributed by atoms with Crippen LogP contribution in [0.4, 0.5) is 5.69 Å². The third-order valence-electron chi connectivity index (χ3n) is 10.1. The highest BCUT2D eigenvalue weighted by Gasteiger charge is 2.72. The van der Waals surface area contributed by atoms with E-state index in [4.69, 9.17) is 4.74 Å². The van der Waals surface area contributed by atoms with E-state index in [-0.39, 0.29) is 23.8 Å². The maximum absolute atomic E-state index is 14.2. The van der Waals surface area contributed by atoms with Gasteiger partial charge in [-0.05, 0) is 75.7 Å². The van der Waals surface area contributed by atoms with E-state index in [9.17, 15) is 14.4 Å². The molecule has 0 aromatic heterocycles. The lowest BCUT2D eigenvalue weighted by Gasteiger charge is -2.38. The summed E-state index contributed by atoms with van der Waals surface area (Å²) in [6.07, 6.45) is 11.5. The Balaban J connectivity index is 1.39. The molecule has 9 heteroatoms. The molecule has 42 heavy (non-hydrogen) atoms. The Hall–Kier alpha value is -2.36. The number of amides is 3. The second-order valence-electron chi connectivity index (χ2n) is 12.8. The van der Waals surface area contributed by atoms with Crippen molar-refractivity contribution >= 4 is 35.2 Å². The average molecular weight is 597 g/mol. The number of carbonyl (C=O) groups excluding carboxylic acids is 3. The van der Waals surface area contributed by atoms with Gasteiger partial charge in [0.1, 0.15) is 11.6 Å². The largest absolute Gasteiger partial charge is 0.359 e. The van der Waals surface area contributed by atoms with Crippen molar-refractivity contribution in [3.8, 4) is 0 Å². The molecule has 1 aliphatic carbocycles. The first-order valence-corrected chi connectivity index (χ1v) is 17.0. The van der Waals surface area contributed by atoms with Gasteiger partial charge in [0.25, 0.3) is 0 Å². The highest BCUT2D eigenvalue weighted by atomic mass is 32.2. The van der Waals surface area contributed by atoms with Crippen LogP contribution in [0.3, 0.4) is 0 Å². The second-order valence-corrected chi connectivity index (χ2v) is 13.7.